The highest BCUT2D eigenvalue weighted by Gasteiger charge is 2.10. The van der Waals surface area contributed by atoms with E-state index >= 15 is 0 Å². The number of unbranched alkanes of at least 4 members (excludes halogenated alkanes) is 4. The minimum Gasteiger partial charge on any atom is -0.310 e. The van der Waals surface area contributed by atoms with E-state index in [4.69, 9.17) is 0 Å². The molecular weight excluding hydrogens is 232 g/mol. The summed E-state index contributed by atoms with van der Waals surface area (Å²) < 4.78 is 0. The predicted molar refractivity (Wildman–Crippen MR) is 83.4 cm³/mol. The molecule has 108 valence electrons. The van der Waals surface area contributed by atoms with E-state index in [9.17, 15) is 0 Å². The molecule has 0 fully saturated rings. The van der Waals surface area contributed by atoms with Crippen molar-refractivity contribution in [2.45, 2.75) is 71.8 Å². The van der Waals surface area contributed by atoms with Crippen LogP contribution < -0.4 is 5.32 Å². The molecule has 0 aliphatic rings. The van der Waals surface area contributed by atoms with Gasteiger partial charge in [-0.15, -0.1) is 0 Å². The largest absolute Gasteiger partial charge is 0.310 e. The monoisotopic (exact) mass is 262 g/mol. The Morgan fingerprint density at radius 2 is 1.89 bits per heavy atom. The number of hydrogen-bond acceptors (Lipinski definition) is 2. The van der Waals surface area contributed by atoms with Crippen LogP contribution in [-0.4, -0.2) is 11.5 Å². The Morgan fingerprint density at radius 1 is 1.11 bits per heavy atom. The summed E-state index contributed by atoms with van der Waals surface area (Å²) in [6.45, 7) is 7.66. The second-order valence-corrected chi connectivity index (χ2v) is 5.44. The third-order valence-corrected chi connectivity index (χ3v) is 3.56. The van der Waals surface area contributed by atoms with Gasteiger partial charge in [0.2, 0.25) is 0 Å². The first-order chi connectivity index (χ1) is 9.27. The van der Waals surface area contributed by atoms with Gasteiger partial charge in [0.15, 0.2) is 0 Å². The summed E-state index contributed by atoms with van der Waals surface area (Å²) in [5, 5.41) is 3.68. The summed E-state index contributed by atoms with van der Waals surface area (Å²) in [6, 6.07) is 4.88. The van der Waals surface area contributed by atoms with Crippen molar-refractivity contribution in [3.05, 3.63) is 29.6 Å². The first-order valence-electron chi connectivity index (χ1n) is 7.93. The lowest BCUT2D eigenvalue weighted by Gasteiger charge is -2.19. The summed E-state index contributed by atoms with van der Waals surface area (Å²) in [6.07, 6.45) is 11.1. The molecular formula is C17H30N2. The van der Waals surface area contributed by atoms with Crippen molar-refractivity contribution >= 4 is 0 Å². The SMILES string of the molecule is CCCCCCCC(NCCC)c1ccnc(C)c1. The Bertz CT molecular complexity index is 336. The van der Waals surface area contributed by atoms with Crippen molar-refractivity contribution in [1.82, 2.24) is 10.3 Å². The molecule has 0 saturated carbocycles. The maximum absolute atomic E-state index is 4.30. The van der Waals surface area contributed by atoms with E-state index < -0.39 is 0 Å². The average Bonchev–Trinajstić information content (AvgIpc) is 2.42. The Morgan fingerprint density at radius 3 is 2.58 bits per heavy atom. The number of aromatic nitrogens is 1. The minimum atomic E-state index is 0.503. The highest BCUT2D eigenvalue weighted by atomic mass is 14.9. The van der Waals surface area contributed by atoms with Gasteiger partial charge >= 0.3 is 0 Å². The zero-order chi connectivity index (χ0) is 13.9. The van der Waals surface area contributed by atoms with E-state index in [1.807, 2.05) is 6.20 Å². The first kappa shape index (κ1) is 16.2. The molecule has 2 nitrogen and oxygen atoms in total. The molecule has 19 heavy (non-hydrogen) atoms. The Balaban J connectivity index is 2.47. The van der Waals surface area contributed by atoms with Gasteiger partial charge in [-0.3, -0.25) is 4.98 Å². The molecule has 1 aromatic heterocycles. The van der Waals surface area contributed by atoms with E-state index in [0.29, 0.717) is 6.04 Å². The van der Waals surface area contributed by atoms with Crippen LogP contribution >= 0.6 is 0 Å². The summed E-state index contributed by atoms with van der Waals surface area (Å²) >= 11 is 0. The Kier molecular flexibility index (Phi) is 8.48. The number of nitrogens with one attached hydrogen (secondary N) is 1. The fourth-order valence-corrected chi connectivity index (χ4v) is 2.44. The van der Waals surface area contributed by atoms with E-state index in [-0.39, 0.29) is 0 Å². The molecule has 0 aliphatic heterocycles. The number of hydrogen-bond donors (Lipinski definition) is 1. The molecule has 1 heterocycles. The third kappa shape index (κ3) is 6.72. The van der Waals surface area contributed by atoms with Crippen LogP contribution in [0.4, 0.5) is 0 Å². The lowest BCUT2D eigenvalue weighted by Crippen LogP contribution is -2.22. The van der Waals surface area contributed by atoms with Crippen molar-refractivity contribution in [3.8, 4) is 0 Å². The number of pyridine rings is 1. The summed E-state index contributed by atoms with van der Waals surface area (Å²) in [5.74, 6) is 0. The summed E-state index contributed by atoms with van der Waals surface area (Å²) in [7, 11) is 0. The first-order valence-corrected chi connectivity index (χ1v) is 7.93. The van der Waals surface area contributed by atoms with Gasteiger partial charge in [-0.1, -0.05) is 46.0 Å². The van der Waals surface area contributed by atoms with Crippen LogP contribution in [0.3, 0.4) is 0 Å². The third-order valence-electron chi connectivity index (χ3n) is 3.56. The van der Waals surface area contributed by atoms with Gasteiger partial charge < -0.3 is 5.32 Å². The molecule has 0 saturated heterocycles. The van der Waals surface area contributed by atoms with Crippen molar-refractivity contribution in [2.75, 3.05) is 6.54 Å². The average molecular weight is 262 g/mol. The number of rotatable bonds is 10. The van der Waals surface area contributed by atoms with Crippen LogP contribution in [0.5, 0.6) is 0 Å². The molecule has 2 heteroatoms. The molecule has 0 bridgehead atoms. The molecule has 1 atom stereocenters. The summed E-state index contributed by atoms with van der Waals surface area (Å²) in [5.41, 5.74) is 2.52. The Labute approximate surface area is 119 Å². The van der Waals surface area contributed by atoms with Gasteiger partial charge in [0, 0.05) is 17.9 Å². The molecule has 0 spiro atoms. The fraction of sp³-hybridized carbons (Fsp3) is 0.706. The quantitative estimate of drug-likeness (QED) is 0.613. The van der Waals surface area contributed by atoms with Gasteiger partial charge in [-0.2, -0.15) is 0 Å². The van der Waals surface area contributed by atoms with Gasteiger partial charge in [-0.05, 0) is 44.0 Å². The molecule has 0 aliphatic carbocycles. The van der Waals surface area contributed by atoms with Crippen molar-refractivity contribution in [2.24, 2.45) is 0 Å². The van der Waals surface area contributed by atoms with E-state index in [1.54, 1.807) is 0 Å². The van der Waals surface area contributed by atoms with Crippen molar-refractivity contribution < 1.29 is 0 Å². The zero-order valence-corrected chi connectivity index (χ0v) is 12.9. The van der Waals surface area contributed by atoms with Crippen LogP contribution in [0.2, 0.25) is 0 Å². The minimum absolute atomic E-state index is 0.503. The Hall–Kier alpha value is -0.890. The molecule has 1 unspecified atom stereocenters. The molecule has 1 N–H and O–H groups in total. The maximum Gasteiger partial charge on any atom is 0.0375 e. The smallest absolute Gasteiger partial charge is 0.0375 e. The topological polar surface area (TPSA) is 24.9 Å². The number of aryl methyl sites for hydroxylation is 1. The molecule has 1 aromatic rings. The number of nitrogens with zero attached hydrogens (tertiary/aromatic N) is 1. The van der Waals surface area contributed by atoms with Gasteiger partial charge in [0.1, 0.15) is 0 Å². The van der Waals surface area contributed by atoms with Crippen LogP contribution in [0.1, 0.15) is 76.1 Å². The lowest BCUT2D eigenvalue weighted by atomic mass is 10.00. The second-order valence-electron chi connectivity index (χ2n) is 5.44. The predicted octanol–water partition coefficient (Wildman–Crippen LogP) is 4.79. The van der Waals surface area contributed by atoms with Gasteiger partial charge in [0.25, 0.3) is 0 Å². The molecule has 0 radical (unpaired) electrons. The van der Waals surface area contributed by atoms with Crippen LogP contribution in [0.25, 0.3) is 0 Å². The zero-order valence-electron chi connectivity index (χ0n) is 12.9. The highest BCUT2D eigenvalue weighted by molar-refractivity contribution is 5.19. The second kappa shape index (κ2) is 9.96. The van der Waals surface area contributed by atoms with Gasteiger partial charge in [-0.25, -0.2) is 0 Å². The van der Waals surface area contributed by atoms with Crippen LogP contribution in [0.15, 0.2) is 18.3 Å². The van der Waals surface area contributed by atoms with E-state index in [1.165, 1.54) is 50.5 Å². The van der Waals surface area contributed by atoms with E-state index in [2.05, 4.69) is 43.2 Å². The van der Waals surface area contributed by atoms with Crippen molar-refractivity contribution in [1.29, 1.82) is 0 Å². The summed E-state index contributed by atoms with van der Waals surface area (Å²) in [4.78, 5) is 4.30. The lowest BCUT2D eigenvalue weighted by molar-refractivity contribution is 0.467. The fourth-order valence-electron chi connectivity index (χ4n) is 2.44. The normalized spacial score (nSPS) is 12.6. The standard InChI is InChI=1S/C17H30N2/c1-4-6-7-8-9-10-17(19-12-5-2)16-11-13-18-15(3)14-16/h11,13-14,17,19H,4-10,12H2,1-3H3. The molecule has 0 amide bonds. The van der Waals surface area contributed by atoms with Crippen molar-refractivity contribution in [3.63, 3.8) is 0 Å². The highest BCUT2D eigenvalue weighted by Crippen LogP contribution is 2.20. The maximum atomic E-state index is 4.30. The van der Waals surface area contributed by atoms with Gasteiger partial charge in [0.05, 0.1) is 0 Å². The molecule has 0 aromatic carbocycles. The van der Waals surface area contributed by atoms with E-state index in [0.717, 1.165) is 12.2 Å². The molecule has 1 rings (SSSR count). The van der Waals surface area contributed by atoms with Crippen LogP contribution in [-0.2, 0) is 0 Å². The van der Waals surface area contributed by atoms with Crippen LogP contribution in [0, 0.1) is 6.92 Å².